The second-order valence-corrected chi connectivity index (χ2v) is 7.15. The van der Waals surface area contributed by atoms with Crippen LogP contribution in [0.3, 0.4) is 0 Å². The van der Waals surface area contributed by atoms with Crippen molar-refractivity contribution < 1.29 is 18.0 Å². The summed E-state index contributed by atoms with van der Waals surface area (Å²) in [6.45, 7) is 1.65. The van der Waals surface area contributed by atoms with Crippen LogP contribution in [0.4, 0.5) is 5.69 Å². The molecule has 0 bridgehead atoms. The highest BCUT2D eigenvalue weighted by Crippen LogP contribution is 2.22. The molecule has 5 N–H and O–H groups in total. The van der Waals surface area contributed by atoms with Crippen molar-refractivity contribution in [2.75, 3.05) is 19.4 Å². The van der Waals surface area contributed by atoms with Crippen LogP contribution in [-0.2, 0) is 19.6 Å². The number of amides is 2. The Kier molecular flexibility index (Phi) is 5.64. The summed E-state index contributed by atoms with van der Waals surface area (Å²) >= 11 is 0. The Morgan fingerprint density at radius 2 is 1.91 bits per heavy atom. The highest BCUT2D eigenvalue weighted by atomic mass is 32.2. The molecule has 0 heterocycles. The molecule has 0 aliphatic rings. The highest BCUT2D eigenvalue weighted by molar-refractivity contribution is 7.89. The number of hydrogen-bond acceptors (Lipinski definition) is 5. The van der Waals surface area contributed by atoms with Crippen molar-refractivity contribution in [1.29, 1.82) is 0 Å². The Morgan fingerprint density at radius 1 is 1.32 bits per heavy atom. The molecule has 0 saturated carbocycles. The monoisotopic (exact) mass is 328 g/mol. The lowest BCUT2D eigenvalue weighted by molar-refractivity contribution is -0.123. The van der Waals surface area contributed by atoms with Gasteiger partial charge in [0.25, 0.3) is 0 Å². The van der Waals surface area contributed by atoms with Crippen molar-refractivity contribution in [1.82, 2.24) is 4.31 Å². The second-order valence-electron chi connectivity index (χ2n) is 5.03. The number of nitrogens with two attached hydrogens (primary N) is 2. The molecule has 8 nitrogen and oxygen atoms in total. The molecule has 0 fully saturated rings. The van der Waals surface area contributed by atoms with Gasteiger partial charge in [-0.2, -0.15) is 0 Å². The van der Waals surface area contributed by atoms with Gasteiger partial charge in [-0.25, -0.2) is 12.7 Å². The van der Waals surface area contributed by atoms with Gasteiger partial charge in [-0.15, -0.1) is 0 Å². The van der Waals surface area contributed by atoms with Gasteiger partial charge in [0.2, 0.25) is 21.8 Å². The highest BCUT2D eigenvalue weighted by Gasteiger charge is 2.21. The van der Waals surface area contributed by atoms with E-state index in [0.717, 1.165) is 4.31 Å². The molecule has 1 unspecified atom stereocenters. The average Bonchev–Trinajstić information content (AvgIpc) is 2.39. The average molecular weight is 328 g/mol. The Bertz CT molecular complexity index is 685. The molecule has 2 amide bonds. The minimum Gasteiger partial charge on any atom is -0.370 e. The van der Waals surface area contributed by atoms with E-state index in [0.29, 0.717) is 5.56 Å². The number of hydrogen-bond donors (Lipinski definition) is 3. The SMILES string of the molecule is Cc1ccc(NC(=O)C(N)CC(N)=O)cc1S(=O)(=O)N(C)C. The van der Waals surface area contributed by atoms with Crippen molar-refractivity contribution in [3.63, 3.8) is 0 Å². The molecule has 0 aliphatic heterocycles. The molecule has 22 heavy (non-hydrogen) atoms. The molecule has 0 aromatic heterocycles. The Hall–Kier alpha value is -1.97. The van der Waals surface area contributed by atoms with Crippen molar-refractivity contribution in [2.24, 2.45) is 11.5 Å². The summed E-state index contributed by atoms with van der Waals surface area (Å²) in [6.07, 6.45) is -0.291. The molecule has 1 rings (SSSR count). The Morgan fingerprint density at radius 3 is 2.41 bits per heavy atom. The van der Waals surface area contributed by atoms with Gasteiger partial charge in [0.05, 0.1) is 17.4 Å². The first-order valence-electron chi connectivity index (χ1n) is 6.43. The molecule has 0 spiro atoms. The van der Waals surface area contributed by atoms with Gasteiger partial charge < -0.3 is 16.8 Å². The first kappa shape index (κ1) is 18.1. The number of nitrogens with zero attached hydrogens (tertiary/aromatic N) is 1. The Balaban J connectivity index is 3.05. The van der Waals surface area contributed by atoms with Crippen LogP contribution < -0.4 is 16.8 Å². The molecule has 122 valence electrons. The summed E-state index contributed by atoms with van der Waals surface area (Å²) in [6, 6.07) is 3.39. The second kappa shape index (κ2) is 6.86. The first-order chi connectivity index (χ1) is 10.1. The predicted octanol–water partition coefficient (Wildman–Crippen LogP) is -0.613. The van der Waals surface area contributed by atoms with Gasteiger partial charge in [-0.1, -0.05) is 6.07 Å². The smallest absolute Gasteiger partial charge is 0.242 e. The van der Waals surface area contributed by atoms with Crippen LogP contribution in [0, 0.1) is 6.92 Å². The van der Waals surface area contributed by atoms with Gasteiger partial charge in [0.1, 0.15) is 0 Å². The lowest BCUT2D eigenvalue weighted by atomic mass is 10.2. The van der Waals surface area contributed by atoms with Gasteiger partial charge in [0, 0.05) is 19.8 Å². The molecule has 0 radical (unpaired) electrons. The summed E-state index contributed by atoms with van der Waals surface area (Å²) in [7, 11) is -0.790. The van der Waals surface area contributed by atoms with Crippen molar-refractivity contribution in [3.05, 3.63) is 23.8 Å². The number of carbonyl (C=O) groups excluding carboxylic acids is 2. The van der Waals surface area contributed by atoms with E-state index in [-0.39, 0.29) is 17.0 Å². The van der Waals surface area contributed by atoms with Crippen LogP contribution in [0.5, 0.6) is 0 Å². The zero-order valence-electron chi connectivity index (χ0n) is 12.7. The zero-order valence-corrected chi connectivity index (χ0v) is 13.5. The van der Waals surface area contributed by atoms with Crippen LogP contribution in [-0.4, -0.2) is 44.7 Å². The number of sulfonamides is 1. The van der Waals surface area contributed by atoms with Gasteiger partial charge in [-0.05, 0) is 24.6 Å². The van der Waals surface area contributed by atoms with Gasteiger partial charge >= 0.3 is 0 Å². The van der Waals surface area contributed by atoms with E-state index in [9.17, 15) is 18.0 Å². The van der Waals surface area contributed by atoms with E-state index in [1.165, 1.54) is 20.2 Å². The fraction of sp³-hybridized carbons (Fsp3) is 0.385. The molecule has 1 atom stereocenters. The number of rotatable bonds is 6. The largest absolute Gasteiger partial charge is 0.370 e. The van der Waals surface area contributed by atoms with E-state index < -0.39 is 27.9 Å². The van der Waals surface area contributed by atoms with Gasteiger partial charge in [-0.3, -0.25) is 9.59 Å². The topological polar surface area (TPSA) is 136 Å². The number of benzene rings is 1. The van der Waals surface area contributed by atoms with Crippen LogP contribution in [0.2, 0.25) is 0 Å². The molecule has 9 heteroatoms. The molecule has 0 aliphatic carbocycles. The minimum absolute atomic E-state index is 0.0822. The van der Waals surface area contributed by atoms with Crippen molar-refractivity contribution in [2.45, 2.75) is 24.3 Å². The zero-order chi connectivity index (χ0) is 17.1. The van der Waals surface area contributed by atoms with Crippen molar-refractivity contribution >= 4 is 27.5 Å². The minimum atomic E-state index is -3.63. The summed E-state index contributed by atoms with van der Waals surface area (Å²) in [5.74, 6) is -1.31. The fourth-order valence-corrected chi connectivity index (χ4v) is 2.84. The number of nitrogens with one attached hydrogen (secondary N) is 1. The maximum absolute atomic E-state index is 12.2. The molecular formula is C13H20N4O4S. The maximum Gasteiger partial charge on any atom is 0.242 e. The van der Waals surface area contributed by atoms with Gasteiger partial charge in [0.15, 0.2) is 0 Å². The van der Waals surface area contributed by atoms with Crippen LogP contribution in [0.15, 0.2) is 23.1 Å². The first-order valence-corrected chi connectivity index (χ1v) is 7.87. The van der Waals surface area contributed by atoms with E-state index in [2.05, 4.69) is 5.32 Å². The maximum atomic E-state index is 12.2. The third-order valence-electron chi connectivity index (χ3n) is 2.97. The van der Waals surface area contributed by atoms with Crippen LogP contribution >= 0.6 is 0 Å². The Labute approximate surface area is 129 Å². The van der Waals surface area contributed by atoms with E-state index in [1.807, 2.05) is 0 Å². The standard InChI is InChI=1S/C13H20N4O4S/c1-8-4-5-9(6-11(8)22(20,21)17(2)3)16-13(19)10(14)7-12(15)18/h4-6,10H,7,14H2,1-3H3,(H2,15,18)(H,16,19). The predicted molar refractivity (Wildman–Crippen MR) is 82.5 cm³/mol. The van der Waals surface area contributed by atoms with Crippen LogP contribution in [0.1, 0.15) is 12.0 Å². The number of primary amides is 1. The fourth-order valence-electron chi connectivity index (χ4n) is 1.70. The molecular weight excluding hydrogens is 308 g/mol. The van der Waals surface area contributed by atoms with E-state index >= 15 is 0 Å². The lowest BCUT2D eigenvalue weighted by Gasteiger charge is -2.16. The van der Waals surface area contributed by atoms with E-state index in [1.54, 1.807) is 19.1 Å². The van der Waals surface area contributed by atoms with E-state index in [4.69, 9.17) is 11.5 Å². The van der Waals surface area contributed by atoms with Crippen molar-refractivity contribution in [3.8, 4) is 0 Å². The summed E-state index contributed by atoms with van der Waals surface area (Å²) in [5, 5.41) is 2.47. The molecule has 1 aromatic carbocycles. The van der Waals surface area contributed by atoms with Crippen LogP contribution in [0.25, 0.3) is 0 Å². The normalized spacial score (nSPS) is 13.0. The lowest BCUT2D eigenvalue weighted by Crippen LogP contribution is -2.39. The number of aryl methyl sites for hydroxylation is 1. The number of anilines is 1. The summed E-state index contributed by atoms with van der Waals surface area (Å²) in [5.41, 5.74) is 11.3. The third kappa shape index (κ3) is 4.26. The summed E-state index contributed by atoms with van der Waals surface area (Å²) < 4.78 is 25.5. The number of carbonyl (C=O) groups is 2. The quantitative estimate of drug-likeness (QED) is 0.640. The molecule has 0 saturated heterocycles. The third-order valence-corrected chi connectivity index (χ3v) is 4.93. The summed E-state index contributed by atoms with van der Waals surface area (Å²) in [4.78, 5) is 22.7. The molecule has 1 aromatic rings.